The highest BCUT2D eigenvalue weighted by Gasteiger charge is 2.11. The van der Waals surface area contributed by atoms with E-state index in [-0.39, 0.29) is 0 Å². The molecule has 1 aromatic carbocycles. The Morgan fingerprint density at radius 2 is 2.07 bits per heavy atom. The summed E-state index contributed by atoms with van der Waals surface area (Å²) in [6.45, 7) is 2.20. The standard InChI is InChI=1S/C13H16OS/c1-2-3-7-13-11(9-15)10-6-4-5-8-12(10)14-13/h4-6,8,15H,2-3,7,9H2,1H3. The first-order valence-electron chi connectivity index (χ1n) is 5.47. The van der Waals surface area contributed by atoms with Gasteiger partial charge in [-0.2, -0.15) is 12.6 Å². The van der Waals surface area contributed by atoms with Crippen LogP contribution in [0.1, 0.15) is 31.1 Å². The van der Waals surface area contributed by atoms with Crippen molar-refractivity contribution in [3.63, 3.8) is 0 Å². The first-order chi connectivity index (χ1) is 7.36. The molecule has 0 aliphatic rings. The summed E-state index contributed by atoms with van der Waals surface area (Å²) in [7, 11) is 0. The highest BCUT2D eigenvalue weighted by atomic mass is 32.1. The van der Waals surface area contributed by atoms with Crippen LogP contribution in [0, 0.1) is 0 Å². The molecule has 0 N–H and O–H groups in total. The van der Waals surface area contributed by atoms with Gasteiger partial charge in [0.15, 0.2) is 0 Å². The van der Waals surface area contributed by atoms with E-state index in [0.29, 0.717) is 0 Å². The molecule has 0 aliphatic carbocycles. The van der Waals surface area contributed by atoms with Crippen molar-refractivity contribution in [2.24, 2.45) is 0 Å². The lowest BCUT2D eigenvalue weighted by Crippen LogP contribution is -1.86. The normalized spacial score (nSPS) is 11.1. The van der Waals surface area contributed by atoms with Crippen molar-refractivity contribution in [3.05, 3.63) is 35.6 Å². The number of para-hydroxylation sites is 1. The van der Waals surface area contributed by atoms with Crippen LogP contribution >= 0.6 is 12.6 Å². The molecule has 1 aromatic heterocycles. The fourth-order valence-electron chi connectivity index (χ4n) is 1.86. The van der Waals surface area contributed by atoms with Gasteiger partial charge in [-0.1, -0.05) is 31.5 Å². The van der Waals surface area contributed by atoms with Gasteiger partial charge in [-0.3, -0.25) is 0 Å². The highest BCUT2D eigenvalue weighted by Crippen LogP contribution is 2.28. The second-order valence-corrected chi connectivity index (χ2v) is 4.08. The van der Waals surface area contributed by atoms with Gasteiger partial charge >= 0.3 is 0 Å². The molecule has 2 heteroatoms. The molecular weight excluding hydrogens is 204 g/mol. The zero-order valence-corrected chi connectivity index (χ0v) is 9.89. The van der Waals surface area contributed by atoms with Crippen molar-refractivity contribution in [1.82, 2.24) is 0 Å². The quantitative estimate of drug-likeness (QED) is 0.762. The summed E-state index contributed by atoms with van der Waals surface area (Å²) in [6.07, 6.45) is 3.41. The molecule has 0 atom stereocenters. The van der Waals surface area contributed by atoms with Crippen LogP contribution in [0.25, 0.3) is 11.0 Å². The van der Waals surface area contributed by atoms with E-state index in [1.54, 1.807) is 0 Å². The molecule has 15 heavy (non-hydrogen) atoms. The first-order valence-corrected chi connectivity index (χ1v) is 6.10. The van der Waals surface area contributed by atoms with E-state index in [1.807, 2.05) is 18.2 Å². The number of thiol groups is 1. The van der Waals surface area contributed by atoms with Gasteiger partial charge in [0.05, 0.1) is 0 Å². The first kappa shape index (κ1) is 10.6. The van der Waals surface area contributed by atoms with Crippen molar-refractivity contribution in [2.45, 2.75) is 31.9 Å². The second-order valence-electron chi connectivity index (χ2n) is 3.76. The van der Waals surface area contributed by atoms with Gasteiger partial charge < -0.3 is 4.42 Å². The molecule has 2 aromatic rings. The third kappa shape index (κ3) is 2.05. The van der Waals surface area contributed by atoms with Crippen LogP contribution in [0.5, 0.6) is 0 Å². The van der Waals surface area contributed by atoms with Gasteiger partial charge in [-0.25, -0.2) is 0 Å². The molecule has 1 nitrogen and oxygen atoms in total. The molecule has 0 saturated heterocycles. The van der Waals surface area contributed by atoms with Crippen LogP contribution in [0.3, 0.4) is 0 Å². The Balaban J connectivity index is 2.44. The lowest BCUT2D eigenvalue weighted by Gasteiger charge is -1.97. The minimum absolute atomic E-state index is 0.760. The van der Waals surface area contributed by atoms with E-state index in [2.05, 4.69) is 25.6 Å². The number of benzene rings is 1. The number of hydrogen-bond donors (Lipinski definition) is 1. The third-order valence-electron chi connectivity index (χ3n) is 2.70. The van der Waals surface area contributed by atoms with Crippen molar-refractivity contribution >= 4 is 23.6 Å². The molecule has 0 radical (unpaired) electrons. The summed E-state index contributed by atoms with van der Waals surface area (Å²) in [6, 6.07) is 8.20. The van der Waals surface area contributed by atoms with E-state index in [4.69, 9.17) is 4.42 Å². The van der Waals surface area contributed by atoms with Crippen molar-refractivity contribution in [3.8, 4) is 0 Å². The number of aryl methyl sites for hydroxylation is 1. The van der Waals surface area contributed by atoms with Gasteiger partial charge in [-0.05, 0) is 12.5 Å². The van der Waals surface area contributed by atoms with Crippen molar-refractivity contribution in [1.29, 1.82) is 0 Å². The third-order valence-corrected chi connectivity index (χ3v) is 3.01. The number of fused-ring (bicyclic) bond motifs is 1. The second kappa shape index (κ2) is 4.75. The lowest BCUT2D eigenvalue weighted by atomic mass is 10.1. The van der Waals surface area contributed by atoms with Crippen LogP contribution in [0.4, 0.5) is 0 Å². The van der Waals surface area contributed by atoms with Crippen LogP contribution in [-0.4, -0.2) is 0 Å². The van der Waals surface area contributed by atoms with Crippen LogP contribution in [0.15, 0.2) is 28.7 Å². The Kier molecular flexibility index (Phi) is 3.37. The van der Waals surface area contributed by atoms with Gasteiger partial charge in [0.25, 0.3) is 0 Å². The van der Waals surface area contributed by atoms with E-state index in [1.165, 1.54) is 23.8 Å². The summed E-state index contributed by atoms with van der Waals surface area (Å²) < 4.78 is 5.84. The molecule has 2 rings (SSSR count). The molecule has 1 heterocycles. The molecule has 0 fully saturated rings. The van der Waals surface area contributed by atoms with Gasteiger partial charge in [0.1, 0.15) is 11.3 Å². The maximum absolute atomic E-state index is 5.84. The molecule has 0 unspecified atom stereocenters. The number of rotatable bonds is 4. The summed E-state index contributed by atoms with van der Waals surface area (Å²) in [5.74, 6) is 1.88. The molecule has 0 aliphatic heterocycles. The largest absolute Gasteiger partial charge is 0.461 e. The topological polar surface area (TPSA) is 13.1 Å². The highest BCUT2D eigenvalue weighted by molar-refractivity contribution is 7.79. The van der Waals surface area contributed by atoms with Gasteiger partial charge in [-0.15, -0.1) is 0 Å². The van der Waals surface area contributed by atoms with Crippen molar-refractivity contribution < 1.29 is 4.42 Å². The average Bonchev–Trinajstić information content (AvgIpc) is 2.63. The fraction of sp³-hybridized carbons (Fsp3) is 0.385. The lowest BCUT2D eigenvalue weighted by molar-refractivity contribution is 0.532. The monoisotopic (exact) mass is 220 g/mol. The van der Waals surface area contributed by atoms with E-state index in [0.717, 1.165) is 23.5 Å². The Morgan fingerprint density at radius 1 is 1.27 bits per heavy atom. The average molecular weight is 220 g/mol. The zero-order chi connectivity index (χ0) is 10.7. The minimum Gasteiger partial charge on any atom is -0.461 e. The smallest absolute Gasteiger partial charge is 0.134 e. The maximum Gasteiger partial charge on any atom is 0.134 e. The molecule has 0 spiro atoms. The Hall–Kier alpha value is -0.890. The number of unbranched alkanes of at least 4 members (excludes halogenated alkanes) is 1. The van der Waals surface area contributed by atoms with Crippen LogP contribution in [-0.2, 0) is 12.2 Å². The summed E-state index contributed by atoms with van der Waals surface area (Å²) in [5.41, 5.74) is 2.26. The molecule has 80 valence electrons. The van der Waals surface area contributed by atoms with Gasteiger partial charge in [0, 0.05) is 23.1 Å². The van der Waals surface area contributed by atoms with Gasteiger partial charge in [0.2, 0.25) is 0 Å². The van der Waals surface area contributed by atoms with Crippen molar-refractivity contribution in [2.75, 3.05) is 0 Å². The van der Waals surface area contributed by atoms with E-state index < -0.39 is 0 Å². The Labute approximate surface area is 95.9 Å². The summed E-state index contributed by atoms with van der Waals surface area (Å²) in [5, 5.41) is 1.22. The summed E-state index contributed by atoms with van der Waals surface area (Å²) >= 11 is 4.38. The van der Waals surface area contributed by atoms with Crippen LogP contribution < -0.4 is 0 Å². The molecular formula is C13H16OS. The predicted molar refractivity (Wildman–Crippen MR) is 67.5 cm³/mol. The molecule has 0 amide bonds. The van der Waals surface area contributed by atoms with E-state index in [9.17, 15) is 0 Å². The molecule has 0 saturated carbocycles. The predicted octanol–water partition coefficient (Wildman–Crippen LogP) is 4.21. The maximum atomic E-state index is 5.84. The minimum atomic E-state index is 0.760. The molecule has 0 bridgehead atoms. The number of furan rings is 1. The van der Waals surface area contributed by atoms with Crippen LogP contribution in [0.2, 0.25) is 0 Å². The van der Waals surface area contributed by atoms with E-state index >= 15 is 0 Å². The Bertz CT molecular complexity index is 445. The summed E-state index contributed by atoms with van der Waals surface area (Å²) in [4.78, 5) is 0. The zero-order valence-electron chi connectivity index (χ0n) is 8.99. The SMILES string of the molecule is CCCCc1oc2ccccc2c1CS. The Morgan fingerprint density at radius 3 is 2.80 bits per heavy atom. The number of hydrogen-bond acceptors (Lipinski definition) is 2. The fourth-order valence-corrected chi connectivity index (χ4v) is 2.21.